The minimum atomic E-state index is -0.374. The molecule has 1 amide bonds. The molecule has 3 aromatic rings. The van der Waals surface area contributed by atoms with E-state index >= 15 is 0 Å². The van der Waals surface area contributed by atoms with Crippen LogP contribution in [0.4, 0.5) is 5.69 Å². The summed E-state index contributed by atoms with van der Waals surface area (Å²) in [6.45, 7) is 3.41. The lowest BCUT2D eigenvalue weighted by Crippen LogP contribution is -2.12. The summed E-state index contributed by atoms with van der Waals surface area (Å²) in [5, 5.41) is 2.71. The van der Waals surface area contributed by atoms with Gasteiger partial charge in [-0.15, -0.1) is 0 Å². The van der Waals surface area contributed by atoms with Crippen molar-refractivity contribution in [2.75, 3.05) is 12.4 Å². The molecule has 0 spiro atoms. The van der Waals surface area contributed by atoms with E-state index in [2.05, 4.69) is 15.3 Å². The Morgan fingerprint density at radius 1 is 1.16 bits per heavy atom. The number of aromatic nitrogens is 2. The Kier molecular flexibility index (Phi) is 4.65. The second-order valence-corrected chi connectivity index (χ2v) is 5.27. The first-order chi connectivity index (χ1) is 12.0. The van der Waals surface area contributed by atoms with Gasteiger partial charge in [-0.25, -0.2) is 9.97 Å². The number of amides is 1. The number of ether oxygens (including phenoxy) is 2. The molecule has 1 aromatic carbocycles. The maximum atomic E-state index is 12.2. The fourth-order valence-electron chi connectivity index (χ4n) is 2.23. The first kappa shape index (κ1) is 16.5. The van der Waals surface area contributed by atoms with Gasteiger partial charge >= 0.3 is 0 Å². The highest BCUT2D eigenvalue weighted by Crippen LogP contribution is 2.24. The predicted octanol–water partition coefficient (Wildman–Crippen LogP) is 3.74. The fraction of sp³-hybridized carbons (Fsp3) is 0.167. The largest absolute Gasteiger partial charge is 0.497 e. The standard InChI is InChI=1S/C18H17N3O4/c1-11-17(24-12(2)20-11)18(22)21-13-7-8-16(19-10-13)25-15-6-4-5-14(9-15)23-3/h4-10H,1-3H3,(H,21,22). The maximum absolute atomic E-state index is 12.2. The van der Waals surface area contributed by atoms with Crippen LogP contribution >= 0.6 is 0 Å². The van der Waals surface area contributed by atoms with E-state index in [4.69, 9.17) is 13.9 Å². The number of hydrogen-bond acceptors (Lipinski definition) is 6. The highest BCUT2D eigenvalue weighted by Gasteiger charge is 2.16. The van der Waals surface area contributed by atoms with E-state index in [0.717, 1.165) is 0 Å². The third-order valence-electron chi connectivity index (χ3n) is 3.37. The SMILES string of the molecule is COc1cccc(Oc2ccc(NC(=O)c3oc(C)nc3C)cn2)c1. The number of rotatable bonds is 5. The average molecular weight is 339 g/mol. The Morgan fingerprint density at radius 3 is 2.60 bits per heavy atom. The molecule has 0 aliphatic heterocycles. The van der Waals surface area contributed by atoms with Crippen molar-refractivity contribution in [2.45, 2.75) is 13.8 Å². The molecule has 0 saturated heterocycles. The molecular formula is C18H17N3O4. The van der Waals surface area contributed by atoms with E-state index in [1.807, 2.05) is 12.1 Å². The molecule has 2 heterocycles. The number of nitrogens with one attached hydrogen (secondary N) is 1. The van der Waals surface area contributed by atoms with Gasteiger partial charge in [-0.2, -0.15) is 0 Å². The summed E-state index contributed by atoms with van der Waals surface area (Å²) in [6.07, 6.45) is 1.51. The molecule has 7 heteroatoms. The number of aryl methyl sites for hydroxylation is 2. The molecule has 0 unspecified atom stereocenters. The van der Waals surface area contributed by atoms with Crippen LogP contribution in [-0.4, -0.2) is 23.0 Å². The van der Waals surface area contributed by atoms with E-state index in [-0.39, 0.29) is 11.7 Å². The Bertz CT molecular complexity index is 888. The third-order valence-corrected chi connectivity index (χ3v) is 3.37. The van der Waals surface area contributed by atoms with E-state index in [0.29, 0.717) is 34.7 Å². The summed E-state index contributed by atoms with van der Waals surface area (Å²) in [5.74, 6) is 1.96. The number of hydrogen-bond donors (Lipinski definition) is 1. The zero-order valence-corrected chi connectivity index (χ0v) is 14.1. The van der Waals surface area contributed by atoms with Crippen molar-refractivity contribution in [1.29, 1.82) is 0 Å². The molecule has 3 rings (SSSR count). The van der Waals surface area contributed by atoms with Crippen LogP contribution in [0.3, 0.4) is 0 Å². The summed E-state index contributed by atoms with van der Waals surface area (Å²) >= 11 is 0. The molecule has 0 bridgehead atoms. The van der Waals surface area contributed by atoms with Crippen molar-refractivity contribution in [2.24, 2.45) is 0 Å². The number of benzene rings is 1. The molecule has 0 saturated carbocycles. The third kappa shape index (κ3) is 3.95. The first-order valence-electron chi connectivity index (χ1n) is 7.58. The van der Waals surface area contributed by atoms with Crippen LogP contribution in [0.1, 0.15) is 22.1 Å². The number of oxazole rings is 1. The van der Waals surface area contributed by atoms with Gasteiger partial charge in [-0.3, -0.25) is 4.79 Å². The molecule has 7 nitrogen and oxygen atoms in total. The van der Waals surface area contributed by atoms with Crippen molar-refractivity contribution >= 4 is 11.6 Å². The Morgan fingerprint density at radius 2 is 1.96 bits per heavy atom. The second kappa shape index (κ2) is 7.04. The van der Waals surface area contributed by atoms with Crippen LogP contribution < -0.4 is 14.8 Å². The van der Waals surface area contributed by atoms with Crippen LogP contribution in [0.5, 0.6) is 17.4 Å². The van der Waals surface area contributed by atoms with Gasteiger partial charge in [0.2, 0.25) is 11.6 Å². The van der Waals surface area contributed by atoms with Crippen molar-refractivity contribution in [3.8, 4) is 17.4 Å². The smallest absolute Gasteiger partial charge is 0.293 e. The van der Waals surface area contributed by atoms with E-state index in [9.17, 15) is 4.79 Å². The number of nitrogens with zero attached hydrogens (tertiary/aromatic N) is 2. The molecule has 0 aliphatic carbocycles. The molecule has 128 valence electrons. The lowest BCUT2D eigenvalue weighted by molar-refractivity contribution is 0.0994. The summed E-state index contributed by atoms with van der Waals surface area (Å²) in [6, 6.07) is 10.6. The van der Waals surface area contributed by atoms with Gasteiger partial charge in [0, 0.05) is 19.1 Å². The average Bonchev–Trinajstić information content (AvgIpc) is 2.95. The lowest BCUT2D eigenvalue weighted by Gasteiger charge is -2.07. The first-order valence-corrected chi connectivity index (χ1v) is 7.58. The number of pyridine rings is 1. The Balaban J connectivity index is 1.67. The van der Waals surface area contributed by atoms with Gasteiger partial charge in [0.05, 0.1) is 24.7 Å². The molecule has 0 fully saturated rings. The normalized spacial score (nSPS) is 10.4. The molecule has 0 aliphatic rings. The van der Waals surface area contributed by atoms with Gasteiger partial charge in [0.25, 0.3) is 5.91 Å². The summed E-state index contributed by atoms with van der Waals surface area (Å²) < 4.78 is 16.1. The highest BCUT2D eigenvalue weighted by molar-refractivity contribution is 6.02. The van der Waals surface area contributed by atoms with E-state index < -0.39 is 0 Å². The van der Waals surface area contributed by atoms with Crippen molar-refractivity contribution in [3.05, 3.63) is 59.9 Å². The van der Waals surface area contributed by atoms with Crippen molar-refractivity contribution in [3.63, 3.8) is 0 Å². The number of anilines is 1. The second-order valence-electron chi connectivity index (χ2n) is 5.27. The quantitative estimate of drug-likeness (QED) is 0.762. The Labute approximate surface area is 144 Å². The van der Waals surface area contributed by atoms with Crippen LogP contribution in [-0.2, 0) is 0 Å². The molecule has 1 N–H and O–H groups in total. The molecule has 0 radical (unpaired) electrons. The Hall–Kier alpha value is -3.35. The number of carbonyl (C=O) groups is 1. The van der Waals surface area contributed by atoms with Crippen LogP contribution in [0.15, 0.2) is 47.0 Å². The molecule has 2 aromatic heterocycles. The topological polar surface area (TPSA) is 86.5 Å². The molecule has 0 atom stereocenters. The lowest BCUT2D eigenvalue weighted by atomic mass is 10.3. The summed E-state index contributed by atoms with van der Waals surface area (Å²) in [7, 11) is 1.59. The number of carbonyl (C=O) groups excluding carboxylic acids is 1. The van der Waals surface area contributed by atoms with Gasteiger partial charge < -0.3 is 19.2 Å². The van der Waals surface area contributed by atoms with Crippen molar-refractivity contribution in [1.82, 2.24) is 9.97 Å². The monoisotopic (exact) mass is 339 g/mol. The van der Waals surface area contributed by atoms with Gasteiger partial charge in [0.15, 0.2) is 5.89 Å². The maximum Gasteiger partial charge on any atom is 0.293 e. The minimum Gasteiger partial charge on any atom is -0.497 e. The molecule has 25 heavy (non-hydrogen) atoms. The van der Waals surface area contributed by atoms with Crippen LogP contribution in [0.25, 0.3) is 0 Å². The predicted molar refractivity (Wildman–Crippen MR) is 91.2 cm³/mol. The fourth-order valence-corrected chi connectivity index (χ4v) is 2.23. The van der Waals surface area contributed by atoms with Crippen molar-refractivity contribution < 1.29 is 18.7 Å². The summed E-state index contributed by atoms with van der Waals surface area (Å²) in [5.41, 5.74) is 1.07. The highest BCUT2D eigenvalue weighted by atomic mass is 16.5. The van der Waals surface area contributed by atoms with Gasteiger partial charge in [-0.05, 0) is 25.1 Å². The van der Waals surface area contributed by atoms with E-state index in [1.165, 1.54) is 6.20 Å². The van der Waals surface area contributed by atoms with E-state index in [1.54, 1.807) is 45.2 Å². The summed E-state index contributed by atoms with van der Waals surface area (Å²) in [4.78, 5) is 20.4. The minimum absolute atomic E-state index is 0.189. The zero-order valence-electron chi connectivity index (χ0n) is 14.1. The number of methoxy groups -OCH3 is 1. The van der Waals surface area contributed by atoms with Crippen LogP contribution in [0.2, 0.25) is 0 Å². The van der Waals surface area contributed by atoms with Crippen LogP contribution in [0, 0.1) is 13.8 Å². The molecular weight excluding hydrogens is 322 g/mol. The zero-order chi connectivity index (χ0) is 17.8. The van der Waals surface area contributed by atoms with Gasteiger partial charge in [0.1, 0.15) is 11.5 Å². The van der Waals surface area contributed by atoms with Gasteiger partial charge in [-0.1, -0.05) is 6.07 Å².